The zero-order valence-electron chi connectivity index (χ0n) is 15.7. The zero-order valence-corrected chi connectivity index (χ0v) is 16.6. The summed E-state index contributed by atoms with van der Waals surface area (Å²) in [4.78, 5) is 22.6. The number of anilines is 1. The minimum absolute atomic E-state index is 0.165. The van der Waals surface area contributed by atoms with E-state index >= 15 is 0 Å². The smallest absolute Gasteiger partial charge is 0.257 e. The Morgan fingerprint density at radius 2 is 1.93 bits per heavy atom. The Kier molecular flexibility index (Phi) is 5.66. The number of aryl methyl sites for hydroxylation is 3. The lowest BCUT2D eigenvalue weighted by Gasteiger charge is -2.06. The molecule has 1 N–H and O–H groups in total. The van der Waals surface area contributed by atoms with Gasteiger partial charge in [-0.05, 0) is 49.9 Å². The van der Waals surface area contributed by atoms with E-state index in [0.717, 1.165) is 18.5 Å². The standard InChI is InChI=1S/C20H22N4O3S/c1-13-21-18(24-27-13)12-26-15-10-8-14(9-11-15)19(25)23-20-22-16-6-4-2-3-5-7-17(16)28-20/h8-11H,2-7,12H2,1H3,(H,22,23,25). The number of carbonyl (C=O) groups excluding carboxylic acids is 1. The number of benzene rings is 1. The number of rotatable bonds is 5. The van der Waals surface area contributed by atoms with Crippen LogP contribution in [0.3, 0.4) is 0 Å². The molecule has 0 unspecified atom stereocenters. The van der Waals surface area contributed by atoms with E-state index in [1.165, 1.54) is 30.6 Å². The predicted octanol–water partition coefficient (Wildman–Crippen LogP) is 4.32. The quantitative estimate of drug-likeness (QED) is 0.688. The van der Waals surface area contributed by atoms with Gasteiger partial charge in [-0.15, -0.1) is 11.3 Å². The van der Waals surface area contributed by atoms with E-state index in [4.69, 9.17) is 9.26 Å². The number of carbonyl (C=O) groups is 1. The van der Waals surface area contributed by atoms with Crippen molar-refractivity contribution in [2.45, 2.75) is 52.1 Å². The average Bonchev–Trinajstić information content (AvgIpc) is 3.26. The molecule has 0 radical (unpaired) electrons. The first-order chi connectivity index (χ1) is 13.7. The number of fused-ring (bicyclic) bond motifs is 1. The Labute approximate surface area is 167 Å². The van der Waals surface area contributed by atoms with Crippen LogP contribution in [0.15, 0.2) is 28.8 Å². The molecular weight excluding hydrogens is 376 g/mol. The van der Waals surface area contributed by atoms with Crippen molar-refractivity contribution in [3.05, 3.63) is 52.1 Å². The van der Waals surface area contributed by atoms with Gasteiger partial charge in [-0.2, -0.15) is 4.98 Å². The number of hydrogen-bond donors (Lipinski definition) is 1. The van der Waals surface area contributed by atoms with Gasteiger partial charge in [0.1, 0.15) is 5.75 Å². The van der Waals surface area contributed by atoms with Crippen LogP contribution in [0.4, 0.5) is 5.13 Å². The maximum atomic E-state index is 12.5. The number of thiazole rings is 1. The molecule has 28 heavy (non-hydrogen) atoms. The molecular formula is C20H22N4O3S. The highest BCUT2D eigenvalue weighted by Gasteiger charge is 2.15. The van der Waals surface area contributed by atoms with E-state index in [1.807, 2.05) is 0 Å². The first-order valence-electron chi connectivity index (χ1n) is 9.49. The fourth-order valence-electron chi connectivity index (χ4n) is 3.18. The van der Waals surface area contributed by atoms with Crippen LogP contribution in [-0.4, -0.2) is 21.0 Å². The molecule has 8 heteroatoms. The van der Waals surface area contributed by atoms with Crippen molar-refractivity contribution in [2.75, 3.05) is 5.32 Å². The summed E-state index contributed by atoms with van der Waals surface area (Å²) >= 11 is 1.60. The third kappa shape index (κ3) is 4.56. The van der Waals surface area contributed by atoms with E-state index in [9.17, 15) is 4.79 Å². The molecule has 0 saturated carbocycles. The minimum atomic E-state index is -0.165. The van der Waals surface area contributed by atoms with Gasteiger partial charge in [0, 0.05) is 17.4 Å². The SMILES string of the molecule is Cc1nc(COc2ccc(C(=O)Nc3nc4c(s3)CCCCCC4)cc2)no1. The molecule has 2 aromatic heterocycles. The fourth-order valence-corrected chi connectivity index (χ4v) is 4.22. The topological polar surface area (TPSA) is 90.1 Å². The maximum absolute atomic E-state index is 12.5. The molecule has 3 aromatic rings. The second kappa shape index (κ2) is 8.52. The van der Waals surface area contributed by atoms with Gasteiger partial charge < -0.3 is 9.26 Å². The van der Waals surface area contributed by atoms with Crippen LogP contribution in [-0.2, 0) is 19.4 Å². The first kappa shape index (κ1) is 18.6. The van der Waals surface area contributed by atoms with Crippen LogP contribution in [0.25, 0.3) is 0 Å². The van der Waals surface area contributed by atoms with Crippen molar-refractivity contribution >= 4 is 22.4 Å². The highest BCUT2D eigenvalue weighted by Crippen LogP contribution is 2.28. The highest BCUT2D eigenvalue weighted by molar-refractivity contribution is 7.15. The summed E-state index contributed by atoms with van der Waals surface area (Å²) in [7, 11) is 0. The Bertz CT molecular complexity index is 923. The molecule has 1 aliphatic carbocycles. The molecule has 0 spiro atoms. The molecule has 1 amide bonds. The van der Waals surface area contributed by atoms with E-state index in [-0.39, 0.29) is 12.5 Å². The lowest BCUT2D eigenvalue weighted by Crippen LogP contribution is -2.11. The maximum Gasteiger partial charge on any atom is 0.257 e. The second-order valence-corrected chi connectivity index (χ2v) is 7.88. The van der Waals surface area contributed by atoms with Crippen LogP contribution in [0, 0.1) is 6.92 Å². The molecule has 0 fully saturated rings. The van der Waals surface area contributed by atoms with Crippen molar-refractivity contribution in [3.8, 4) is 5.75 Å². The molecule has 0 saturated heterocycles. The summed E-state index contributed by atoms with van der Waals surface area (Å²) in [6, 6.07) is 6.97. The summed E-state index contributed by atoms with van der Waals surface area (Å²) in [5.41, 5.74) is 1.71. The van der Waals surface area contributed by atoms with Crippen LogP contribution >= 0.6 is 11.3 Å². The Balaban J connectivity index is 1.36. The van der Waals surface area contributed by atoms with Crippen LogP contribution in [0.1, 0.15) is 58.3 Å². The molecule has 4 rings (SSSR count). The Morgan fingerprint density at radius 1 is 1.14 bits per heavy atom. The van der Waals surface area contributed by atoms with Crippen LogP contribution in [0.2, 0.25) is 0 Å². The van der Waals surface area contributed by atoms with Gasteiger partial charge >= 0.3 is 0 Å². The fraction of sp³-hybridized carbons (Fsp3) is 0.400. The lowest BCUT2D eigenvalue weighted by molar-refractivity contribution is 0.102. The number of amides is 1. The van der Waals surface area contributed by atoms with Crippen molar-refractivity contribution in [1.82, 2.24) is 15.1 Å². The highest BCUT2D eigenvalue weighted by atomic mass is 32.1. The number of nitrogens with zero attached hydrogens (tertiary/aromatic N) is 3. The zero-order chi connectivity index (χ0) is 19.3. The molecule has 0 bridgehead atoms. The van der Waals surface area contributed by atoms with Gasteiger partial charge in [0.2, 0.25) is 11.7 Å². The van der Waals surface area contributed by atoms with Crippen molar-refractivity contribution in [3.63, 3.8) is 0 Å². The average molecular weight is 398 g/mol. The van der Waals surface area contributed by atoms with Crippen LogP contribution < -0.4 is 10.1 Å². The third-order valence-electron chi connectivity index (χ3n) is 4.62. The Morgan fingerprint density at radius 3 is 2.68 bits per heavy atom. The molecule has 1 aliphatic rings. The van der Waals surface area contributed by atoms with Crippen molar-refractivity contribution in [2.24, 2.45) is 0 Å². The van der Waals surface area contributed by atoms with Gasteiger partial charge in [-0.1, -0.05) is 18.0 Å². The predicted molar refractivity (Wildman–Crippen MR) is 106 cm³/mol. The number of ether oxygens (including phenoxy) is 1. The largest absolute Gasteiger partial charge is 0.485 e. The van der Waals surface area contributed by atoms with Gasteiger partial charge in [-0.25, -0.2) is 4.98 Å². The number of hydrogen-bond acceptors (Lipinski definition) is 7. The van der Waals surface area contributed by atoms with Gasteiger partial charge in [0.05, 0.1) is 5.69 Å². The van der Waals surface area contributed by atoms with E-state index in [2.05, 4.69) is 20.4 Å². The molecule has 0 aliphatic heterocycles. The van der Waals surface area contributed by atoms with Gasteiger partial charge in [0.25, 0.3) is 5.91 Å². The summed E-state index contributed by atoms with van der Waals surface area (Å²) < 4.78 is 10.5. The molecule has 2 heterocycles. The summed E-state index contributed by atoms with van der Waals surface area (Å²) in [5.74, 6) is 1.46. The molecule has 7 nitrogen and oxygen atoms in total. The van der Waals surface area contributed by atoms with E-state index in [1.54, 1.807) is 42.5 Å². The van der Waals surface area contributed by atoms with E-state index in [0.29, 0.717) is 28.2 Å². The van der Waals surface area contributed by atoms with Gasteiger partial charge in [0.15, 0.2) is 11.7 Å². The van der Waals surface area contributed by atoms with Crippen molar-refractivity contribution in [1.29, 1.82) is 0 Å². The summed E-state index contributed by atoms with van der Waals surface area (Å²) in [5, 5.41) is 7.40. The molecule has 0 atom stereocenters. The van der Waals surface area contributed by atoms with Gasteiger partial charge in [-0.3, -0.25) is 10.1 Å². The third-order valence-corrected chi connectivity index (χ3v) is 5.69. The number of nitrogens with one attached hydrogen (secondary N) is 1. The Hall–Kier alpha value is -2.74. The molecule has 146 valence electrons. The second-order valence-electron chi connectivity index (χ2n) is 6.80. The lowest BCUT2D eigenvalue weighted by atomic mass is 10.0. The minimum Gasteiger partial charge on any atom is -0.485 e. The first-order valence-corrected chi connectivity index (χ1v) is 10.3. The summed E-state index contributed by atoms with van der Waals surface area (Å²) in [6.07, 6.45) is 6.99. The summed E-state index contributed by atoms with van der Waals surface area (Å²) in [6.45, 7) is 1.94. The molecule has 1 aromatic carbocycles. The van der Waals surface area contributed by atoms with E-state index < -0.39 is 0 Å². The number of aromatic nitrogens is 3. The van der Waals surface area contributed by atoms with Crippen LogP contribution in [0.5, 0.6) is 5.75 Å². The monoisotopic (exact) mass is 398 g/mol. The van der Waals surface area contributed by atoms with Crippen molar-refractivity contribution < 1.29 is 14.1 Å². The normalized spacial score (nSPS) is 14.0.